The van der Waals surface area contributed by atoms with Gasteiger partial charge in [0.15, 0.2) is 7.26 Å². The van der Waals surface area contributed by atoms with Crippen LogP contribution in [0, 0.1) is 0 Å². The summed E-state index contributed by atoms with van der Waals surface area (Å²) >= 11 is 7.85. The Hall–Kier alpha value is -2.84. The van der Waals surface area contributed by atoms with Crippen molar-refractivity contribution in [1.82, 2.24) is 4.98 Å². The molecular weight excluding hydrogens is 477 g/mol. The summed E-state index contributed by atoms with van der Waals surface area (Å²) in [5, 5.41) is 5.32. The van der Waals surface area contributed by atoms with Gasteiger partial charge in [-0.15, -0.1) is 0 Å². The number of oxazole rings is 1. The van der Waals surface area contributed by atoms with E-state index in [0.717, 1.165) is 21.8 Å². The number of hydrogen-bond donors (Lipinski definition) is 0. The van der Waals surface area contributed by atoms with E-state index in [0.29, 0.717) is 10.9 Å². The standard InChI is InChI=1S/C29H24ClNOPS/c1-2-34-29-28(31-27(32-29)22-18-20-23(30)21-19-22)33(24-12-6-3-7-13-24,25-14-8-4-9-15-25)26-16-10-5-11-17-26/h3-21H,2H2,1H3/q+1. The van der Waals surface area contributed by atoms with Crippen LogP contribution in [-0.2, 0) is 0 Å². The van der Waals surface area contributed by atoms with E-state index in [1.807, 2.05) is 24.3 Å². The van der Waals surface area contributed by atoms with E-state index in [1.165, 1.54) is 15.9 Å². The van der Waals surface area contributed by atoms with E-state index in [2.05, 4.69) is 97.9 Å². The maximum atomic E-state index is 6.49. The van der Waals surface area contributed by atoms with Gasteiger partial charge in [0.25, 0.3) is 5.44 Å². The summed E-state index contributed by atoms with van der Waals surface area (Å²) in [7, 11) is -2.33. The van der Waals surface area contributed by atoms with Gasteiger partial charge in [-0.1, -0.05) is 84.9 Å². The SMILES string of the molecule is CCSc1oc(-c2ccc(Cl)cc2)nc1[P+](c1ccccc1)(c1ccccc1)c1ccccc1. The van der Waals surface area contributed by atoms with Crippen molar-refractivity contribution in [2.75, 3.05) is 5.75 Å². The van der Waals surface area contributed by atoms with Gasteiger partial charge in [0.1, 0.15) is 15.9 Å². The lowest BCUT2D eigenvalue weighted by Gasteiger charge is -2.25. The van der Waals surface area contributed by atoms with Crippen molar-refractivity contribution in [1.29, 1.82) is 0 Å². The summed E-state index contributed by atoms with van der Waals surface area (Å²) in [4.78, 5) is 5.25. The molecule has 0 unspecified atom stereocenters. The molecule has 5 rings (SSSR count). The molecule has 168 valence electrons. The molecule has 1 heterocycles. The van der Waals surface area contributed by atoms with Crippen LogP contribution in [0.4, 0.5) is 0 Å². The number of halogens is 1. The minimum absolute atomic E-state index is 0.620. The van der Waals surface area contributed by atoms with Crippen molar-refractivity contribution < 1.29 is 4.42 Å². The van der Waals surface area contributed by atoms with E-state index in [9.17, 15) is 0 Å². The minimum Gasteiger partial charge on any atom is -0.425 e. The molecule has 5 heteroatoms. The first-order valence-electron chi connectivity index (χ1n) is 11.2. The molecule has 0 aliphatic heterocycles. The zero-order valence-electron chi connectivity index (χ0n) is 18.8. The Morgan fingerprint density at radius 3 is 1.62 bits per heavy atom. The fraction of sp³-hybridized carbons (Fsp3) is 0.0690. The first-order chi connectivity index (χ1) is 16.7. The van der Waals surface area contributed by atoms with Crippen LogP contribution in [0.1, 0.15) is 6.92 Å². The maximum absolute atomic E-state index is 6.49. The molecule has 1 aromatic heterocycles. The molecule has 5 aromatic rings. The van der Waals surface area contributed by atoms with E-state index in [1.54, 1.807) is 11.8 Å². The fourth-order valence-electron chi connectivity index (χ4n) is 4.22. The van der Waals surface area contributed by atoms with Gasteiger partial charge in [0, 0.05) is 10.6 Å². The zero-order chi connectivity index (χ0) is 23.4. The Balaban J connectivity index is 1.87. The van der Waals surface area contributed by atoms with Crippen LogP contribution in [-0.4, -0.2) is 10.7 Å². The molecule has 0 aliphatic carbocycles. The Morgan fingerprint density at radius 2 is 1.18 bits per heavy atom. The second-order valence-corrected chi connectivity index (χ2v) is 12.7. The summed E-state index contributed by atoms with van der Waals surface area (Å²) < 4.78 is 6.49. The van der Waals surface area contributed by atoms with E-state index in [-0.39, 0.29) is 0 Å². The van der Waals surface area contributed by atoms with Crippen LogP contribution >= 0.6 is 30.6 Å². The largest absolute Gasteiger partial charge is 0.425 e. The second-order valence-electron chi connectivity index (χ2n) is 7.75. The molecule has 0 saturated heterocycles. The monoisotopic (exact) mass is 500 g/mol. The smallest absolute Gasteiger partial charge is 0.251 e. The average molecular weight is 501 g/mol. The molecule has 0 aliphatic rings. The molecule has 4 aromatic carbocycles. The molecule has 0 fully saturated rings. The molecule has 0 amide bonds. The molecule has 0 N–H and O–H groups in total. The van der Waals surface area contributed by atoms with Gasteiger partial charge in [-0.3, -0.25) is 0 Å². The Morgan fingerprint density at radius 1 is 0.706 bits per heavy atom. The molecule has 0 bridgehead atoms. The van der Waals surface area contributed by atoms with Crippen molar-refractivity contribution in [3.8, 4) is 11.5 Å². The molecule has 0 saturated carbocycles. The van der Waals surface area contributed by atoms with Crippen LogP contribution in [0.15, 0.2) is 125 Å². The lowest BCUT2D eigenvalue weighted by atomic mass is 10.2. The number of rotatable bonds is 7. The predicted octanol–water partition coefficient (Wildman–Crippen LogP) is 6.73. The van der Waals surface area contributed by atoms with Gasteiger partial charge >= 0.3 is 0 Å². The van der Waals surface area contributed by atoms with Crippen molar-refractivity contribution >= 4 is 52.0 Å². The molecule has 2 nitrogen and oxygen atoms in total. The summed E-state index contributed by atoms with van der Waals surface area (Å²) in [6.45, 7) is 2.15. The molecular formula is C29H24ClNOPS+. The van der Waals surface area contributed by atoms with Crippen molar-refractivity contribution in [3.05, 3.63) is 120 Å². The predicted molar refractivity (Wildman–Crippen MR) is 148 cm³/mol. The highest BCUT2D eigenvalue weighted by Gasteiger charge is 2.52. The highest BCUT2D eigenvalue weighted by Crippen LogP contribution is 2.56. The van der Waals surface area contributed by atoms with Crippen LogP contribution in [0.25, 0.3) is 11.5 Å². The topological polar surface area (TPSA) is 26.0 Å². The maximum Gasteiger partial charge on any atom is 0.251 e. The van der Waals surface area contributed by atoms with E-state index >= 15 is 0 Å². The van der Waals surface area contributed by atoms with Crippen LogP contribution in [0.3, 0.4) is 0 Å². The minimum atomic E-state index is -2.33. The highest BCUT2D eigenvalue weighted by molar-refractivity contribution is 8.04. The Bertz CT molecular complexity index is 1260. The van der Waals surface area contributed by atoms with E-state index in [4.69, 9.17) is 21.0 Å². The second kappa shape index (κ2) is 10.2. The summed E-state index contributed by atoms with van der Waals surface area (Å²) in [5.74, 6) is 1.51. The van der Waals surface area contributed by atoms with Crippen LogP contribution < -0.4 is 21.3 Å². The number of nitrogens with zero attached hydrogens (tertiary/aromatic N) is 1. The molecule has 34 heavy (non-hydrogen) atoms. The molecule has 0 radical (unpaired) electrons. The van der Waals surface area contributed by atoms with Crippen molar-refractivity contribution in [3.63, 3.8) is 0 Å². The fourth-order valence-corrected chi connectivity index (χ4v) is 9.57. The first kappa shape index (κ1) is 22.9. The highest BCUT2D eigenvalue weighted by atomic mass is 35.5. The van der Waals surface area contributed by atoms with E-state index < -0.39 is 7.26 Å². The molecule has 0 spiro atoms. The van der Waals surface area contributed by atoms with Crippen LogP contribution in [0.5, 0.6) is 0 Å². The molecule has 0 atom stereocenters. The first-order valence-corrected chi connectivity index (χ1v) is 14.3. The third-order valence-corrected chi connectivity index (χ3v) is 11.1. The summed E-state index contributed by atoms with van der Waals surface area (Å²) in [5.41, 5.74) is 1.92. The summed E-state index contributed by atoms with van der Waals surface area (Å²) in [6, 6.07) is 39.9. The van der Waals surface area contributed by atoms with Gasteiger partial charge in [0.2, 0.25) is 11.0 Å². The average Bonchev–Trinajstić information content (AvgIpc) is 3.31. The number of hydrogen-bond acceptors (Lipinski definition) is 3. The van der Waals surface area contributed by atoms with Crippen LogP contribution in [0.2, 0.25) is 5.02 Å². The third kappa shape index (κ3) is 4.20. The Kier molecular flexibility index (Phi) is 6.87. The van der Waals surface area contributed by atoms with Gasteiger partial charge < -0.3 is 4.42 Å². The van der Waals surface area contributed by atoms with Gasteiger partial charge in [-0.05, 0) is 66.4 Å². The normalized spacial score (nSPS) is 11.5. The quantitative estimate of drug-likeness (QED) is 0.183. The van der Waals surface area contributed by atoms with Crippen molar-refractivity contribution in [2.45, 2.75) is 12.0 Å². The van der Waals surface area contributed by atoms with Gasteiger partial charge in [-0.2, -0.15) is 4.98 Å². The van der Waals surface area contributed by atoms with Crippen molar-refractivity contribution in [2.24, 2.45) is 0 Å². The summed E-state index contributed by atoms with van der Waals surface area (Å²) in [6.07, 6.45) is 0. The van der Waals surface area contributed by atoms with Gasteiger partial charge in [-0.25, -0.2) is 0 Å². The third-order valence-electron chi connectivity index (χ3n) is 5.69. The Labute approximate surface area is 210 Å². The number of benzene rings is 4. The number of thioether (sulfide) groups is 1. The lowest BCUT2D eigenvalue weighted by Crippen LogP contribution is -2.40. The van der Waals surface area contributed by atoms with Gasteiger partial charge in [0.05, 0.1) is 0 Å². The lowest BCUT2D eigenvalue weighted by molar-refractivity contribution is 0.487. The zero-order valence-corrected chi connectivity index (χ0v) is 21.2. The number of aromatic nitrogens is 1.